The number of benzene rings is 2. The van der Waals surface area contributed by atoms with Gasteiger partial charge in [-0.3, -0.25) is 0 Å². The summed E-state index contributed by atoms with van der Waals surface area (Å²) in [6.07, 6.45) is 1.86. The Bertz CT molecular complexity index is 919. The minimum absolute atomic E-state index is 0.329. The zero-order valence-corrected chi connectivity index (χ0v) is 12.9. The van der Waals surface area contributed by atoms with Crippen LogP contribution in [0, 0.1) is 0 Å². The number of carbonyl (C=O) groups is 1. The van der Waals surface area contributed by atoms with E-state index in [0.29, 0.717) is 12.2 Å². The first-order valence-electron chi connectivity index (χ1n) is 7.42. The zero-order valence-electron chi connectivity index (χ0n) is 12.9. The molecular formula is C18H15N4O2+. The SMILES string of the molecule is [N-]=[N+]=NCOC(=O)c1c2ccccc2cc[n+]1Cc1ccccc1. The van der Waals surface area contributed by atoms with Gasteiger partial charge < -0.3 is 4.74 Å². The van der Waals surface area contributed by atoms with Crippen molar-refractivity contribution in [3.8, 4) is 0 Å². The highest BCUT2D eigenvalue weighted by molar-refractivity contribution is 6.01. The number of hydrogen-bond donors (Lipinski definition) is 0. The maximum absolute atomic E-state index is 12.5. The van der Waals surface area contributed by atoms with Crippen LogP contribution in [0.5, 0.6) is 0 Å². The topological polar surface area (TPSA) is 78.9 Å². The average Bonchev–Trinajstić information content (AvgIpc) is 2.62. The number of azide groups is 1. The lowest BCUT2D eigenvalue weighted by molar-refractivity contribution is -0.689. The summed E-state index contributed by atoms with van der Waals surface area (Å²) in [5, 5.41) is 4.99. The third kappa shape index (κ3) is 3.34. The molecule has 0 aliphatic rings. The van der Waals surface area contributed by atoms with Gasteiger partial charge in [-0.25, -0.2) is 4.79 Å². The van der Waals surface area contributed by atoms with Crippen LogP contribution in [-0.2, 0) is 11.3 Å². The van der Waals surface area contributed by atoms with Crippen molar-refractivity contribution in [3.05, 3.63) is 88.6 Å². The quantitative estimate of drug-likeness (QED) is 0.237. The molecule has 0 saturated heterocycles. The maximum atomic E-state index is 12.5. The lowest BCUT2D eigenvalue weighted by Crippen LogP contribution is -2.41. The van der Waals surface area contributed by atoms with Gasteiger partial charge in [0.15, 0.2) is 19.5 Å². The van der Waals surface area contributed by atoms with E-state index in [9.17, 15) is 4.79 Å². The van der Waals surface area contributed by atoms with Gasteiger partial charge in [0.1, 0.15) is 0 Å². The first kappa shape index (κ1) is 15.5. The van der Waals surface area contributed by atoms with E-state index in [1.165, 1.54) is 0 Å². The lowest BCUT2D eigenvalue weighted by atomic mass is 10.1. The van der Waals surface area contributed by atoms with Gasteiger partial charge in [0.05, 0.1) is 5.39 Å². The summed E-state index contributed by atoms with van der Waals surface area (Å²) >= 11 is 0. The van der Waals surface area contributed by atoms with Gasteiger partial charge in [-0.15, -0.1) is 0 Å². The van der Waals surface area contributed by atoms with Crippen molar-refractivity contribution in [2.75, 3.05) is 6.73 Å². The number of nitrogens with zero attached hydrogens (tertiary/aromatic N) is 4. The van der Waals surface area contributed by atoms with Gasteiger partial charge in [0.2, 0.25) is 0 Å². The van der Waals surface area contributed by atoms with Crippen molar-refractivity contribution >= 4 is 16.7 Å². The van der Waals surface area contributed by atoms with Gasteiger partial charge in [-0.05, 0) is 17.0 Å². The Hall–Kier alpha value is -3.37. The first-order valence-corrected chi connectivity index (χ1v) is 7.42. The minimum Gasteiger partial charge on any atom is -0.452 e. The molecule has 1 heterocycles. The molecule has 118 valence electrons. The van der Waals surface area contributed by atoms with Crippen LogP contribution in [0.3, 0.4) is 0 Å². The Labute approximate surface area is 138 Å². The third-order valence-corrected chi connectivity index (χ3v) is 3.64. The van der Waals surface area contributed by atoms with Crippen molar-refractivity contribution in [2.45, 2.75) is 6.54 Å². The summed E-state index contributed by atoms with van der Waals surface area (Å²) in [5.41, 5.74) is 9.84. The normalized spacial score (nSPS) is 10.2. The lowest BCUT2D eigenvalue weighted by Gasteiger charge is -2.07. The van der Waals surface area contributed by atoms with Gasteiger partial charge in [-0.1, -0.05) is 53.6 Å². The predicted octanol–water partition coefficient (Wildman–Crippen LogP) is 3.60. The molecule has 3 aromatic rings. The summed E-state index contributed by atoms with van der Waals surface area (Å²) in [6.45, 7) is 0.210. The fourth-order valence-electron chi connectivity index (χ4n) is 2.58. The van der Waals surface area contributed by atoms with E-state index in [0.717, 1.165) is 16.3 Å². The Morgan fingerprint density at radius 3 is 2.62 bits per heavy atom. The molecule has 0 bridgehead atoms. The Balaban J connectivity index is 2.05. The van der Waals surface area contributed by atoms with Crippen molar-refractivity contribution in [2.24, 2.45) is 5.11 Å². The van der Waals surface area contributed by atoms with E-state index in [-0.39, 0.29) is 6.73 Å². The van der Waals surface area contributed by atoms with E-state index >= 15 is 0 Å². The predicted molar refractivity (Wildman–Crippen MR) is 89.1 cm³/mol. The summed E-state index contributed by atoms with van der Waals surface area (Å²) in [4.78, 5) is 15.1. The number of aromatic nitrogens is 1. The van der Waals surface area contributed by atoms with Crippen molar-refractivity contribution in [3.63, 3.8) is 0 Å². The summed E-state index contributed by atoms with van der Waals surface area (Å²) in [7, 11) is 0. The molecule has 0 fully saturated rings. The van der Waals surface area contributed by atoms with E-state index in [1.54, 1.807) is 0 Å². The molecule has 6 heteroatoms. The highest BCUT2D eigenvalue weighted by atomic mass is 16.5. The molecule has 0 spiro atoms. The van der Waals surface area contributed by atoms with Crippen molar-refractivity contribution < 1.29 is 14.1 Å². The number of ether oxygens (including phenoxy) is 1. The van der Waals surface area contributed by atoms with Gasteiger partial charge >= 0.3 is 5.97 Å². The fourth-order valence-corrected chi connectivity index (χ4v) is 2.58. The zero-order chi connectivity index (χ0) is 16.8. The highest BCUT2D eigenvalue weighted by Crippen LogP contribution is 2.17. The number of hydrogen-bond acceptors (Lipinski definition) is 3. The molecule has 0 aliphatic carbocycles. The van der Waals surface area contributed by atoms with Crippen LogP contribution in [-0.4, -0.2) is 12.7 Å². The highest BCUT2D eigenvalue weighted by Gasteiger charge is 2.24. The van der Waals surface area contributed by atoms with Crippen molar-refractivity contribution in [1.82, 2.24) is 0 Å². The van der Waals surface area contributed by atoms with E-state index < -0.39 is 5.97 Å². The minimum atomic E-state index is -0.518. The smallest absolute Gasteiger partial charge is 0.404 e. The second-order valence-electron chi connectivity index (χ2n) is 5.16. The molecule has 24 heavy (non-hydrogen) atoms. The number of pyridine rings is 1. The Kier molecular flexibility index (Phi) is 4.70. The second kappa shape index (κ2) is 7.26. The maximum Gasteiger partial charge on any atom is 0.404 e. The van der Waals surface area contributed by atoms with Crippen LogP contribution in [0.4, 0.5) is 0 Å². The molecule has 0 N–H and O–H groups in total. The monoisotopic (exact) mass is 319 g/mol. The van der Waals surface area contributed by atoms with Crippen LogP contribution in [0.2, 0.25) is 0 Å². The molecule has 0 aliphatic heterocycles. The fraction of sp³-hybridized carbons (Fsp3) is 0.111. The van der Waals surface area contributed by atoms with E-state index in [2.05, 4.69) is 10.0 Å². The molecule has 0 radical (unpaired) electrons. The van der Waals surface area contributed by atoms with Crippen LogP contribution in [0.15, 0.2) is 72.0 Å². The molecule has 0 atom stereocenters. The average molecular weight is 319 g/mol. The summed E-state index contributed by atoms with van der Waals surface area (Å²) in [5.74, 6) is -0.518. The van der Waals surface area contributed by atoms with Crippen LogP contribution in [0.25, 0.3) is 21.2 Å². The number of esters is 1. The molecule has 3 rings (SSSR count). The Morgan fingerprint density at radius 2 is 1.83 bits per heavy atom. The van der Waals surface area contributed by atoms with Gasteiger partial charge in [0, 0.05) is 16.5 Å². The van der Waals surface area contributed by atoms with Gasteiger partial charge in [-0.2, -0.15) is 4.57 Å². The standard InChI is InChI=1S/C18H15N4O2/c19-21-20-13-24-18(23)17-16-9-5-4-8-15(16)10-11-22(17)12-14-6-2-1-3-7-14/h1-11H,12-13H2/q+1. The first-order chi connectivity index (χ1) is 11.8. The largest absolute Gasteiger partial charge is 0.452 e. The molecule has 0 amide bonds. The molecular weight excluding hydrogens is 304 g/mol. The molecule has 2 aromatic carbocycles. The molecule has 1 aromatic heterocycles. The van der Waals surface area contributed by atoms with E-state index in [4.69, 9.17) is 10.3 Å². The summed E-state index contributed by atoms with van der Waals surface area (Å²) in [6, 6.07) is 19.4. The van der Waals surface area contributed by atoms with Gasteiger partial charge in [0.25, 0.3) is 5.69 Å². The number of carbonyl (C=O) groups excluding carboxylic acids is 1. The van der Waals surface area contributed by atoms with Crippen LogP contribution >= 0.6 is 0 Å². The Morgan fingerprint density at radius 1 is 1.08 bits per heavy atom. The van der Waals surface area contributed by atoms with E-state index in [1.807, 2.05) is 71.4 Å². The van der Waals surface area contributed by atoms with Crippen LogP contribution < -0.4 is 4.57 Å². The summed E-state index contributed by atoms with van der Waals surface area (Å²) < 4.78 is 6.92. The third-order valence-electron chi connectivity index (χ3n) is 3.64. The number of fused-ring (bicyclic) bond motifs is 1. The molecule has 6 nitrogen and oxygen atoms in total. The second-order valence-corrected chi connectivity index (χ2v) is 5.16. The molecule has 0 unspecified atom stereocenters. The van der Waals surface area contributed by atoms with Crippen LogP contribution in [0.1, 0.15) is 16.1 Å². The van der Waals surface area contributed by atoms with Crippen molar-refractivity contribution in [1.29, 1.82) is 0 Å². The molecule has 0 saturated carbocycles. The number of rotatable bonds is 5.